The first-order valence-electron chi connectivity index (χ1n) is 9.10. The highest BCUT2D eigenvalue weighted by Gasteiger charge is 2.23. The number of thiophene rings is 1. The number of carbonyl (C=O) groups is 1. The molecule has 0 atom stereocenters. The van der Waals surface area contributed by atoms with Gasteiger partial charge in [0.2, 0.25) is 5.89 Å². The first-order valence-corrected chi connectivity index (χ1v) is 10.7. The lowest BCUT2D eigenvalue weighted by Crippen LogP contribution is -2.10. The summed E-state index contributed by atoms with van der Waals surface area (Å²) in [6, 6.07) is 12.9. The van der Waals surface area contributed by atoms with Crippen molar-refractivity contribution in [3.8, 4) is 11.5 Å². The Bertz CT molecular complexity index is 1510. The molecule has 0 spiro atoms. The number of anilines is 1. The number of amides is 1. The van der Waals surface area contributed by atoms with Crippen molar-refractivity contribution in [2.75, 3.05) is 5.32 Å². The molecule has 0 unspecified atom stereocenters. The number of rotatable bonds is 4. The van der Waals surface area contributed by atoms with Gasteiger partial charge < -0.3 is 9.73 Å². The molecular formula is C21H10Cl2N4O4S. The molecule has 0 saturated heterocycles. The lowest BCUT2D eigenvalue weighted by Gasteiger charge is -2.07. The molecule has 0 aliphatic rings. The number of nitrogens with zero attached hydrogens (tertiary/aromatic N) is 3. The summed E-state index contributed by atoms with van der Waals surface area (Å²) in [5.74, 6) is -0.242. The maximum atomic E-state index is 12.9. The molecule has 158 valence electrons. The Morgan fingerprint density at radius 1 is 1.16 bits per heavy atom. The second-order valence-electron chi connectivity index (χ2n) is 6.65. The van der Waals surface area contributed by atoms with E-state index >= 15 is 0 Å². The number of nitro groups is 1. The van der Waals surface area contributed by atoms with E-state index < -0.39 is 10.8 Å². The summed E-state index contributed by atoms with van der Waals surface area (Å²) in [7, 11) is 0. The van der Waals surface area contributed by atoms with Gasteiger partial charge >= 0.3 is 0 Å². The van der Waals surface area contributed by atoms with Crippen molar-refractivity contribution in [2.45, 2.75) is 0 Å². The van der Waals surface area contributed by atoms with Crippen LogP contribution in [0.3, 0.4) is 0 Å². The lowest BCUT2D eigenvalue weighted by atomic mass is 10.2. The minimum absolute atomic E-state index is 0.105. The zero-order valence-electron chi connectivity index (χ0n) is 15.8. The molecule has 0 aliphatic carbocycles. The normalized spacial score (nSPS) is 11.2. The number of nitrogens with one attached hydrogen (secondary N) is 1. The van der Waals surface area contributed by atoms with Crippen LogP contribution in [-0.2, 0) is 0 Å². The molecule has 32 heavy (non-hydrogen) atoms. The Morgan fingerprint density at radius 2 is 2.00 bits per heavy atom. The Kier molecular flexibility index (Phi) is 5.01. The van der Waals surface area contributed by atoms with Gasteiger partial charge in [0.25, 0.3) is 11.6 Å². The molecule has 0 bridgehead atoms. The maximum Gasteiger partial charge on any atom is 0.287 e. The number of aromatic nitrogens is 2. The van der Waals surface area contributed by atoms with Crippen molar-refractivity contribution in [1.29, 1.82) is 0 Å². The number of oxazole rings is 1. The maximum absolute atomic E-state index is 12.9. The predicted octanol–water partition coefficient (Wildman–Crippen LogP) is 6.57. The van der Waals surface area contributed by atoms with Crippen LogP contribution in [-0.4, -0.2) is 20.8 Å². The van der Waals surface area contributed by atoms with Gasteiger partial charge in [-0.05, 0) is 30.3 Å². The number of halogens is 2. The van der Waals surface area contributed by atoms with E-state index in [1.807, 2.05) is 0 Å². The van der Waals surface area contributed by atoms with Crippen LogP contribution in [0.1, 0.15) is 9.67 Å². The number of nitro benzene ring substituents is 1. The molecule has 0 radical (unpaired) electrons. The van der Waals surface area contributed by atoms with E-state index in [4.69, 9.17) is 27.6 Å². The fourth-order valence-electron chi connectivity index (χ4n) is 3.20. The number of benzene rings is 2. The molecule has 3 heterocycles. The predicted molar refractivity (Wildman–Crippen MR) is 124 cm³/mol. The fourth-order valence-corrected chi connectivity index (χ4v) is 4.89. The Balaban J connectivity index is 1.50. The van der Waals surface area contributed by atoms with Gasteiger partial charge in [0, 0.05) is 23.3 Å². The molecular weight excluding hydrogens is 475 g/mol. The highest BCUT2D eigenvalue weighted by molar-refractivity contribution is 7.22. The molecule has 1 amide bonds. The van der Waals surface area contributed by atoms with Gasteiger partial charge in [0.05, 0.1) is 20.5 Å². The van der Waals surface area contributed by atoms with E-state index in [0.717, 1.165) is 11.3 Å². The number of hydrogen-bond acceptors (Lipinski definition) is 7. The third-order valence-corrected chi connectivity index (χ3v) is 6.72. The molecule has 0 fully saturated rings. The van der Waals surface area contributed by atoms with Crippen molar-refractivity contribution >= 4 is 73.1 Å². The Labute approximate surface area is 193 Å². The van der Waals surface area contributed by atoms with Crippen LogP contribution in [0.15, 0.2) is 59.1 Å². The standard InChI is InChI=1S/C21H10Cl2N4O4S/c22-13-7-6-10(9-12(13)21-26-19-15(31-21)5-2-8-24-19)25-20(28)18-16(23)11-3-1-4-14(27(29)30)17(11)32-18/h1-9H,(H,25,28). The highest BCUT2D eigenvalue weighted by atomic mass is 35.5. The highest BCUT2D eigenvalue weighted by Crippen LogP contribution is 2.40. The third kappa shape index (κ3) is 3.46. The molecule has 1 N–H and O–H groups in total. The average Bonchev–Trinajstić information content (AvgIpc) is 3.36. The largest absolute Gasteiger partial charge is 0.434 e. The molecule has 0 aliphatic heterocycles. The van der Waals surface area contributed by atoms with Crippen molar-refractivity contribution in [3.63, 3.8) is 0 Å². The third-order valence-electron chi connectivity index (χ3n) is 4.66. The van der Waals surface area contributed by atoms with Crippen molar-refractivity contribution < 1.29 is 14.1 Å². The molecule has 0 saturated carbocycles. The summed E-state index contributed by atoms with van der Waals surface area (Å²) in [4.78, 5) is 32.4. The Morgan fingerprint density at radius 3 is 2.78 bits per heavy atom. The van der Waals surface area contributed by atoms with Crippen LogP contribution >= 0.6 is 34.5 Å². The van der Waals surface area contributed by atoms with E-state index in [1.54, 1.807) is 42.6 Å². The molecule has 5 rings (SSSR count). The number of fused-ring (bicyclic) bond motifs is 2. The molecule has 5 aromatic rings. The van der Waals surface area contributed by atoms with Gasteiger partial charge in [0.1, 0.15) is 9.58 Å². The molecule has 2 aromatic carbocycles. The molecule has 8 nitrogen and oxygen atoms in total. The first kappa shape index (κ1) is 20.4. The summed E-state index contributed by atoms with van der Waals surface area (Å²) >= 11 is 13.7. The lowest BCUT2D eigenvalue weighted by molar-refractivity contribution is -0.382. The topological polar surface area (TPSA) is 111 Å². The van der Waals surface area contributed by atoms with E-state index in [2.05, 4.69) is 15.3 Å². The van der Waals surface area contributed by atoms with Gasteiger partial charge in [-0.1, -0.05) is 35.3 Å². The van der Waals surface area contributed by atoms with Gasteiger partial charge in [0.15, 0.2) is 11.2 Å². The zero-order chi connectivity index (χ0) is 22.4. The molecule has 11 heteroatoms. The minimum Gasteiger partial charge on any atom is -0.434 e. The van der Waals surface area contributed by atoms with Crippen molar-refractivity contribution in [2.24, 2.45) is 0 Å². The summed E-state index contributed by atoms with van der Waals surface area (Å²) in [6.45, 7) is 0. The van der Waals surface area contributed by atoms with E-state index in [1.165, 1.54) is 12.1 Å². The zero-order valence-corrected chi connectivity index (χ0v) is 18.2. The number of hydrogen-bond donors (Lipinski definition) is 1. The number of pyridine rings is 1. The van der Waals surface area contributed by atoms with E-state index in [0.29, 0.717) is 37.6 Å². The van der Waals surface area contributed by atoms with Crippen LogP contribution in [0.4, 0.5) is 11.4 Å². The van der Waals surface area contributed by atoms with Crippen molar-refractivity contribution in [3.05, 3.63) is 79.8 Å². The van der Waals surface area contributed by atoms with Crippen LogP contribution in [0, 0.1) is 10.1 Å². The number of non-ortho nitro benzene ring substituents is 1. The first-order chi connectivity index (χ1) is 15.4. The van der Waals surface area contributed by atoms with Crippen LogP contribution < -0.4 is 5.32 Å². The summed E-state index contributed by atoms with van der Waals surface area (Å²) in [5.41, 5.74) is 1.73. The van der Waals surface area contributed by atoms with Crippen LogP contribution in [0.5, 0.6) is 0 Å². The van der Waals surface area contributed by atoms with Crippen LogP contribution in [0.2, 0.25) is 10.0 Å². The summed E-state index contributed by atoms with van der Waals surface area (Å²) in [5, 5.41) is 15.0. The quantitative estimate of drug-likeness (QED) is 0.228. The van der Waals surface area contributed by atoms with E-state index in [-0.39, 0.29) is 21.5 Å². The van der Waals surface area contributed by atoms with Gasteiger partial charge in [-0.3, -0.25) is 14.9 Å². The van der Waals surface area contributed by atoms with Gasteiger partial charge in [-0.25, -0.2) is 4.98 Å². The fraction of sp³-hybridized carbons (Fsp3) is 0. The van der Waals surface area contributed by atoms with Gasteiger partial charge in [-0.15, -0.1) is 11.3 Å². The van der Waals surface area contributed by atoms with Gasteiger partial charge in [-0.2, -0.15) is 4.98 Å². The minimum atomic E-state index is -0.502. The van der Waals surface area contributed by atoms with E-state index in [9.17, 15) is 14.9 Å². The summed E-state index contributed by atoms with van der Waals surface area (Å²) in [6.07, 6.45) is 1.60. The second kappa shape index (κ2) is 7.86. The average molecular weight is 485 g/mol. The smallest absolute Gasteiger partial charge is 0.287 e. The number of carbonyl (C=O) groups excluding carboxylic acids is 1. The van der Waals surface area contributed by atoms with Crippen LogP contribution in [0.25, 0.3) is 32.8 Å². The monoisotopic (exact) mass is 484 g/mol. The second-order valence-corrected chi connectivity index (χ2v) is 8.45. The molecule has 3 aromatic heterocycles. The van der Waals surface area contributed by atoms with Crippen molar-refractivity contribution in [1.82, 2.24) is 9.97 Å². The SMILES string of the molecule is O=C(Nc1ccc(Cl)c(-c2nc3ncccc3o2)c1)c1sc2c([N+](=O)[O-])cccc2c1Cl. The Hall–Kier alpha value is -3.53. The summed E-state index contributed by atoms with van der Waals surface area (Å²) < 4.78 is 6.06.